The van der Waals surface area contributed by atoms with Crippen molar-refractivity contribution in [3.8, 4) is 6.07 Å². The summed E-state index contributed by atoms with van der Waals surface area (Å²) >= 11 is 9.24. The van der Waals surface area contributed by atoms with Crippen LogP contribution in [0.2, 0.25) is 5.02 Å². The zero-order valence-corrected chi connectivity index (χ0v) is 13.0. The Balaban J connectivity index is 2.21. The second-order valence-electron chi connectivity index (χ2n) is 4.20. The molecular weight excluding hydrogens is 358 g/mol. The highest BCUT2D eigenvalue weighted by molar-refractivity contribution is 9.10. The molecule has 2 aromatic carbocycles. The highest BCUT2D eigenvalue weighted by atomic mass is 79.9. The van der Waals surface area contributed by atoms with Crippen LogP contribution in [0.1, 0.15) is 11.1 Å². The van der Waals surface area contributed by atoms with E-state index >= 15 is 0 Å². The van der Waals surface area contributed by atoms with Gasteiger partial charge in [0.25, 0.3) is 5.69 Å². The largest absolute Gasteiger partial charge is 0.375 e. The molecule has 106 valence electrons. The van der Waals surface area contributed by atoms with Gasteiger partial charge in [-0.25, -0.2) is 0 Å². The van der Waals surface area contributed by atoms with E-state index in [0.29, 0.717) is 17.3 Å². The van der Waals surface area contributed by atoms with Gasteiger partial charge >= 0.3 is 0 Å². The Morgan fingerprint density at radius 2 is 2.10 bits per heavy atom. The van der Waals surface area contributed by atoms with Crippen LogP contribution in [0, 0.1) is 21.4 Å². The normalized spacial score (nSPS) is 9.95. The van der Waals surface area contributed by atoms with E-state index in [4.69, 9.17) is 16.9 Å². The Bertz CT molecular complexity index is 743. The van der Waals surface area contributed by atoms with Crippen LogP contribution in [0.25, 0.3) is 0 Å². The second-order valence-corrected chi connectivity index (χ2v) is 5.46. The number of nitrogens with one attached hydrogen (secondary N) is 1. The maximum atomic E-state index is 11.0. The number of benzene rings is 2. The lowest BCUT2D eigenvalue weighted by molar-refractivity contribution is -0.384. The molecule has 0 aliphatic rings. The van der Waals surface area contributed by atoms with E-state index in [1.54, 1.807) is 6.07 Å². The van der Waals surface area contributed by atoms with Crippen molar-refractivity contribution < 1.29 is 4.92 Å². The minimum atomic E-state index is -0.513. The van der Waals surface area contributed by atoms with Crippen LogP contribution in [0.4, 0.5) is 11.4 Å². The molecule has 0 saturated carbocycles. The molecule has 0 aromatic heterocycles. The van der Waals surface area contributed by atoms with Crippen molar-refractivity contribution in [3.63, 3.8) is 0 Å². The molecule has 0 fully saturated rings. The quantitative estimate of drug-likeness (QED) is 0.638. The monoisotopic (exact) mass is 365 g/mol. The molecule has 21 heavy (non-hydrogen) atoms. The number of nitrogens with zero attached hydrogens (tertiary/aromatic N) is 2. The molecule has 0 aliphatic heterocycles. The van der Waals surface area contributed by atoms with E-state index in [-0.39, 0.29) is 11.3 Å². The van der Waals surface area contributed by atoms with Crippen LogP contribution in [0.5, 0.6) is 0 Å². The Morgan fingerprint density at radius 1 is 1.33 bits per heavy atom. The first kappa shape index (κ1) is 15.3. The molecule has 1 N–H and O–H groups in total. The van der Waals surface area contributed by atoms with Crippen molar-refractivity contribution in [1.82, 2.24) is 0 Å². The average molecular weight is 367 g/mol. The highest BCUT2D eigenvalue weighted by Crippen LogP contribution is 2.27. The maximum absolute atomic E-state index is 11.0. The number of nitro groups is 1. The molecule has 0 radical (unpaired) electrons. The maximum Gasteiger partial charge on any atom is 0.293 e. The van der Waals surface area contributed by atoms with Gasteiger partial charge in [0, 0.05) is 17.1 Å². The highest BCUT2D eigenvalue weighted by Gasteiger charge is 2.14. The smallest absolute Gasteiger partial charge is 0.293 e. The van der Waals surface area contributed by atoms with Crippen molar-refractivity contribution >= 4 is 38.9 Å². The lowest BCUT2D eigenvalue weighted by Gasteiger charge is -2.08. The van der Waals surface area contributed by atoms with Crippen molar-refractivity contribution in [1.29, 1.82) is 5.26 Å². The first-order chi connectivity index (χ1) is 10.0. The lowest BCUT2D eigenvalue weighted by Crippen LogP contribution is -2.03. The number of rotatable bonds is 4. The summed E-state index contributed by atoms with van der Waals surface area (Å²) in [5.41, 5.74) is 1.42. The van der Waals surface area contributed by atoms with E-state index in [2.05, 4.69) is 21.2 Å². The number of hydrogen-bond acceptors (Lipinski definition) is 4. The average Bonchev–Trinajstić information content (AvgIpc) is 2.48. The molecule has 0 spiro atoms. The van der Waals surface area contributed by atoms with Gasteiger partial charge in [-0.1, -0.05) is 17.7 Å². The van der Waals surface area contributed by atoms with Gasteiger partial charge in [-0.3, -0.25) is 10.1 Å². The van der Waals surface area contributed by atoms with Gasteiger partial charge in [-0.15, -0.1) is 0 Å². The fraction of sp³-hybridized carbons (Fsp3) is 0.0714. The van der Waals surface area contributed by atoms with Crippen LogP contribution >= 0.6 is 27.5 Å². The fourth-order valence-corrected chi connectivity index (χ4v) is 2.29. The predicted octanol–water partition coefficient (Wildman–Crippen LogP) is 4.49. The van der Waals surface area contributed by atoms with Crippen LogP contribution in [-0.2, 0) is 6.54 Å². The Morgan fingerprint density at radius 3 is 2.71 bits per heavy atom. The van der Waals surface area contributed by atoms with Gasteiger partial charge in [-0.2, -0.15) is 5.26 Å². The third-order valence-corrected chi connectivity index (χ3v) is 4.00. The van der Waals surface area contributed by atoms with Gasteiger partial charge in [0.2, 0.25) is 0 Å². The summed E-state index contributed by atoms with van der Waals surface area (Å²) in [6.07, 6.45) is 0. The van der Waals surface area contributed by atoms with Crippen molar-refractivity contribution in [3.05, 3.63) is 67.1 Å². The lowest BCUT2D eigenvalue weighted by atomic mass is 10.1. The van der Waals surface area contributed by atoms with E-state index in [0.717, 1.165) is 10.0 Å². The second kappa shape index (κ2) is 6.57. The van der Waals surface area contributed by atoms with Crippen molar-refractivity contribution in [2.24, 2.45) is 0 Å². The molecule has 5 nitrogen and oxygen atoms in total. The molecule has 0 unspecified atom stereocenters. The van der Waals surface area contributed by atoms with E-state index < -0.39 is 4.92 Å². The van der Waals surface area contributed by atoms with Crippen LogP contribution in [-0.4, -0.2) is 4.92 Å². The molecule has 0 saturated heterocycles. The van der Waals surface area contributed by atoms with Gasteiger partial charge in [0.1, 0.15) is 5.69 Å². The summed E-state index contributed by atoms with van der Waals surface area (Å²) in [6, 6.07) is 11.6. The van der Waals surface area contributed by atoms with Gasteiger partial charge < -0.3 is 5.32 Å². The Hall–Kier alpha value is -2.10. The molecule has 2 aromatic rings. The topological polar surface area (TPSA) is 79.0 Å². The number of nitro benzene ring substituents is 1. The molecule has 0 atom stereocenters. The summed E-state index contributed by atoms with van der Waals surface area (Å²) in [5.74, 6) is 0. The molecule has 0 aliphatic carbocycles. The number of hydrogen-bond donors (Lipinski definition) is 1. The standard InChI is InChI=1S/C14H9BrClN3O2/c15-11-5-10(1-3-12(11)16)8-18-13-4-2-9(7-17)6-14(13)19(20)21/h1-6,18H,8H2. The summed E-state index contributed by atoms with van der Waals surface area (Å²) in [5, 5.41) is 23.4. The SMILES string of the molecule is N#Cc1ccc(NCc2ccc(Cl)c(Br)c2)c([N+](=O)[O-])c1. The summed E-state index contributed by atoms with van der Waals surface area (Å²) in [7, 11) is 0. The molecule has 0 amide bonds. The number of nitriles is 1. The first-order valence-corrected chi connectivity index (χ1v) is 7.04. The molecule has 0 bridgehead atoms. The number of anilines is 1. The van der Waals surface area contributed by atoms with E-state index in [1.165, 1.54) is 18.2 Å². The third kappa shape index (κ3) is 3.72. The summed E-state index contributed by atoms with van der Waals surface area (Å²) < 4.78 is 0.762. The number of halogens is 2. The van der Waals surface area contributed by atoms with E-state index in [9.17, 15) is 10.1 Å². The van der Waals surface area contributed by atoms with E-state index in [1.807, 2.05) is 18.2 Å². The van der Waals surface area contributed by atoms with Gasteiger partial charge in [0.15, 0.2) is 0 Å². The van der Waals surface area contributed by atoms with Crippen LogP contribution in [0.15, 0.2) is 40.9 Å². The fourth-order valence-electron chi connectivity index (χ4n) is 1.75. The summed E-state index contributed by atoms with van der Waals surface area (Å²) in [4.78, 5) is 10.5. The molecular formula is C14H9BrClN3O2. The first-order valence-electron chi connectivity index (χ1n) is 5.87. The minimum absolute atomic E-state index is 0.123. The zero-order valence-electron chi connectivity index (χ0n) is 10.6. The molecule has 2 rings (SSSR count). The molecule has 0 heterocycles. The minimum Gasteiger partial charge on any atom is -0.375 e. The molecule has 7 heteroatoms. The summed E-state index contributed by atoms with van der Waals surface area (Å²) in [6.45, 7) is 0.405. The zero-order chi connectivity index (χ0) is 15.4. The predicted molar refractivity (Wildman–Crippen MR) is 84.3 cm³/mol. The Kier molecular flexibility index (Phi) is 4.78. The Labute approximate surface area is 134 Å². The van der Waals surface area contributed by atoms with Gasteiger partial charge in [-0.05, 0) is 45.8 Å². The van der Waals surface area contributed by atoms with Crippen molar-refractivity contribution in [2.75, 3.05) is 5.32 Å². The van der Waals surface area contributed by atoms with Gasteiger partial charge in [0.05, 0.1) is 21.6 Å². The van der Waals surface area contributed by atoms with Crippen LogP contribution < -0.4 is 5.32 Å². The van der Waals surface area contributed by atoms with Crippen molar-refractivity contribution in [2.45, 2.75) is 6.54 Å². The third-order valence-electron chi connectivity index (χ3n) is 2.79. The van der Waals surface area contributed by atoms with Crippen LogP contribution in [0.3, 0.4) is 0 Å².